The number of esters is 1. The predicted octanol–water partition coefficient (Wildman–Crippen LogP) is 3.22. The normalized spacial score (nSPS) is 19.5. The SMILES string of the molecule is CCC=CC(=O)OC1CCCCCC1. The van der Waals surface area contributed by atoms with Crippen LogP contribution in [0, 0.1) is 0 Å². The van der Waals surface area contributed by atoms with Crippen molar-refractivity contribution in [2.45, 2.75) is 58.0 Å². The molecular weight excluding hydrogens is 176 g/mol. The number of carbonyl (C=O) groups excluding carboxylic acids is 1. The molecule has 0 heterocycles. The Morgan fingerprint density at radius 1 is 1.29 bits per heavy atom. The van der Waals surface area contributed by atoms with E-state index < -0.39 is 0 Å². The van der Waals surface area contributed by atoms with E-state index in [2.05, 4.69) is 0 Å². The minimum Gasteiger partial charge on any atom is -0.459 e. The second-order valence-electron chi connectivity index (χ2n) is 3.86. The first-order chi connectivity index (χ1) is 6.83. The van der Waals surface area contributed by atoms with Gasteiger partial charge in [-0.25, -0.2) is 4.79 Å². The first-order valence-corrected chi connectivity index (χ1v) is 5.70. The lowest BCUT2D eigenvalue weighted by molar-refractivity contribution is -0.143. The molecule has 0 aromatic heterocycles. The van der Waals surface area contributed by atoms with Gasteiger partial charge in [0.2, 0.25) is 0 Å². The molecular formula is C12H20O2. The minimum atomic E-state index is -0.168. The van der Waals surface area contributed by atoms with Gasteiger partial charge in [-0.3, -0.25) is 0 Å². The van der Waals surface area contributed by atoms with Crippen LogP contribution in [0.5, 0.6) is 0 Å². The molecule has 2 nitrogen and oxygen atoms in total. The highest BCUT2D eigenvalue weighted by molar-refractivity contribution is 5.81. The third-order valence-electron chi connectivity index (χ3n) is 2.57. The molecule has 1 fully saturated rings. The van der Waals surface area contributed by atoms with E-state index in [-0.39, 0.29) is 12.1 Å². The molecule has 1 rings (SSSR count). The maximum atomic E-state index is 11.3. The van der Waals surface area contributed by atoms with Crippen molar-refractivity contribution in [3.63, 3.8) is 0 Å². The lowest BCUT2D eigenvalue weighted by Crippen LogP contribution is -2.15. The fraction of sp³-hybridized carbons (Fsp3) is 0.750. The summed E-state index contributed by atoms with van der Waals surface area (Å²) < 4.78 is 5.35. The first kappa shape index (κ1) is 11.3. The molecule has 1 saturated carbocycles. The fourth-order valence-electron chi connectivity index (χ4n) is 1.78. The molecule has 0 saturated heterocycles. The molecule has 0 aromatic carbocycles. The highest BCUT2D eigenvalue weighted by Gasteiger charge is 2.14. The van der Waals surface area contributed by atoms with Gasteiger partial charge in [0.15, 0.2) is 0 Å². The lowest BCUT2D eigenvalue weighted by Gasteiger charge is -2.13. The Morgan fingerprint density at radius 2 is 1.93 bits per heavy atom. The predicted molar refractivity (Wildman–Crippen MR) is 57.0 cm³/mol. The van der Waals surface area contributed by atoms with Gasteiger partial charge in [-0.2, -0.15) is 0 Å². The van der Waals surface area contributed by atoms with Crippen LogP contribution in [-0.2, 0) is 9.53 Å². The Bertz CT molecular complexity index is 188. The first-order valence-electron chi connectivity index (χ1n) is 5.70. The van der Waals surface area contributed by atoms with E-state index in [9.17, 15) is 4.79 Å². The highest BCUT2D eigenvalue weighted by atomic mass is 16.5. The standard InChI is InChI=1S/C12H20O2/c1-2-3-10-12(13)14-11-8-6-4-5-7-9-11/h3,10-11H,2,4-9H2,1H3. The second kappa shape index (κ2) is 6.63. The van der Waals surface area contributed by atoms with E-state index >= 15 is 0 Å². The van der Waals surface area contributed by atoms with Crippen molar-refractivity contribution in [2.24, 2.45) is 0 Å². The van der Waals surface area contributed by atoms with Gasteiger partial charge in [-0.15, -0.1) is 0 Å². The van der Waals surface area contributed by atoms with Crippen LogP contribution in [0.3, 0.4) is 0 Å². The summed E-state index contributed by atoms with van der Waals surface area (Å²) in [5, 5.41) is 0. The van der Waals surface area contributed by atoms with Crippen LogP contribution in [-0.4, -0.2) is 12.1 Å². The molecule has 0 unspecified atom stereocenters. The molecule has 0 aromatic rings. The molecule has 0 N–H and O–H groups in total. The van der Waals surface area contributed by atoms with E-state index in [1.807, 2.05) is 13.0 Å². The number of rotatable bonds is 3. The van der Waals surface area contributed by atoms with E-state index in [1.165, 1.54) is 25.7 Å². The molecule has 0 radical (unpaired) electrons. The summed E-state index contributed by atoms with van der Waals surface area (Å²) in [5.41, 5.74) is 0. The molecule has 80 valence electrons. The molecule has 0 atom stereocenters. The summed E-state index contributed by atoms with van der Waals surface area (Å²) >= 11 is 0. The molecule has 1 aliphatic rings. The Morgan fingerprint density at radius 3 is 2.50 bits per heavy atom. The van der Waals surface area contributed by atoms with Crippen molar-refractivity contribution in [3.8, 4) is 0 Å². The zero-order chi connectivity index (χ0) is 10.2. The number of hydrogen-bond acceptors (Lipinski definition) is 2. The van der Waals surface area contributed by atoms with Gasteiger partial charge >= 0.3 is 5.97 Å². The fourth-order valence-corrected chi connectivity index (χ4v) is 1.78. The van der Waals surface area contributed by atoms with Gasteiger partial charge in [0.1, 0.15) is 6.10 Å². The Hall–Kier alpha value is -0.790. The minimum absolute atomic E-state index is 0.168. The van der Waals surface area contributed by atoms with Crippen molar-refractivity contribution in [2.75, 3.05) is 0 Å². The Balaban J connectivity index is 2.27. The van der Waals surface area contributed by atoms with Gasteiger partial charge in [-0.05, 0) is 32.1 Å². The molecule has 0 amide bonds. The van der Waals surface area contributed by atoms with Gasteiger partial charge in [-0.1, -0.05) is 25.8 Å². The third kappa shape index (κ3) is 4.45. The highest BCUT2D eigenvalue weighted by Crippen LogP contribution is 2.19. The van der Waals surface area contributed by atoms with Crippen LogP contribution in [0.4, 0.5) is 0 Å². The molecule has 0 aliphatic heterocycles. The summed E-state index contributed by atoms with van der Waals surface area (Å²) in [6, 6.07) is 0. The molecule has 0 bridgehead atoms. The molecule has 0 spiro atoms. The van der Waals surface area contributed by atoms with Crippen molar-refractivity contribution in [1.82, 2.24) is 0 Å². The van der Waals surface area contributed by atoms with E-state index in [4.69, 9.17) is 4.74 Å². The smallest absolute Gasteiger partial charge is 0.330 e. The average molecular weight is 196 g/mol. The summed E-state index contributed by atoms with van der Waals surface area (Å²) in [6.45, 7) is 2.01. The second-order valence-corrected chi connectivity index (χ2v) is 3.86. The third-order valence-corrected chi connectivity index (χ3v) is 2.57. The summed E-state index contributed by atoms with van der Waals surface area (Å²) in [6.07, 6.45) is 11.5. The van der Waals surface area contributed by atoms with E-state index in [1.54, 1.807) is 6.08 Å². The van der Waals surface area contributed by atoms with Crippen LogP contribution < -0.4 is 0 Å². The molecule has 2 heteroatoms. The maximum absolute atomic E-state index is 11.3. The summed E-state index contributed by atoms with van der Waals surface area (Å²) in [7, 11) is 0. The molecule has 1 aliphatic carbocycles. The van der Waals surface area contributed by atoms with Gasteiger partial charge in [0.05, 0.1) is 0 Å². The quantitative estimate of drug-likeness (QED) is 0.393. The maximum Gasteiger partial charge on any atom is 0.330 e. The topological polar surface area (TPSA) is 26.3 Å². The van der Waals surface area contributed by atoms with Crippen LogP contribution in [0.15, 0.2) is 12.2 Å². The monoisotopic (exact) mass is 196 g/mol. The number of hydrogen-bond donors (Lipinski definition) is 0. The van der Waals surface area contributed by atoms with Crippen molar-refractivity contribution < 1.29 is 9.53 Å². The van der Waals surface area contributed by atoms with Crippen LogP contribution in [0.2, 0.25) is 0 Å². The number of ether oxygens (including phenoxy) is 1. The van der Waals surface area contributed by atoms with E-state index in [0.29, 0.717) is 0 Å². The number of carbonyl (C=O) groups is 1. The van der Waals surface area contributed by atoms with Crippen molar-refractivity contribution in [1.29, 1.82) is 0 Å². The molecule has 14 heavy (non-hydrogen) atoms. The van der Waals surface area contributed by atoms with Crippen LogP contribution in [0.1, 0.15) is 51.9 Å². The lowest BCUT2D eigenvalue weighted by atomic mass is 10.1. The van der Waals surface area contributed by atoms with Crippen molar-refractivity contribution in [3.05, 3.63) is 12.2 Å². The largest absolute Gasteiger partial charge is 0.459 e. The zero-order valence-electron chi connectivity index (χ0n) is 9.00. The van der Waals surface area contributed by atoms with Gasteiger partial charge < -0.3 is 4.74 Å². The van der Waals surface area contributed by atoms with Crippen molar-refractivity contribution >= 4 is 5.97 Å². The van der Waals surface area contributed by atoms with Gasteiger partial charge in [0, 0.05) is 6.08 Å². The zero-order valence-corrected chi connectivity index (χ0v) is 9.00. The average Bonchev–Trinajstić information content (AvgIpc) is 2.43. The van der Waals surface area contributed by atoms with E-state index in [0.717, 1.165) is 19.3 Å². The summed E-state index contributed by atoms with van der Waals surface area (Å²) in [5.74, 6) is -0.168. The van der Waals surface area contributed by atoms with Crippen LogP contribution >= 0.6 is 0 Å². The van der Waals surface area contributed by atoms with Crippen LogP contribution in [0.25, 0.3) is 0 Å². The number of allylic oxidation sites excluding steroid dienone is 1. The Kier molecular flexibility index (Phi) is 5.35. The summed E-state index contributed by atoms with van der Waals surface area (Å²) in [4.78, 5) is 11.3. The Labute approximate surface area is 86.3 Å². The van der Waals surface area contributed by atoms with Gasteiger partial charge in [0.25, 0.3) is 0 Å².